The first kappa shape index (κ1) is 19.0. The lowest BCUT2D eigenvalue weighted by Gasteiger charge is -2.15. The maximum absolute atomic E-state index is 12.3. The highest BCUT2D eigenvalue weighted by Crippen LogP contribution is 2.09. The molecule has 0 fully saturated rings. The van der Waals surface area contributed by atoms with E-state index in [4.69, 9.17) is 0 Å². The summed E-state index contributed by atoms with van der Waals surface area (Å²) in [5.74, 6) is 0.482. The summed E-state index contributed by atoms with van der Waals surface area (Å²) >= 11 is 0. The van der Waals surface area contributed by atoms with Crippen molar-refractivity contribution in [2.75, 3.05) is 0 Å². The molecule has 2 heterocycles. The second kappa shape index (κ2) is 7.67. The average Bonchev–Trinajstić information content (AvgIpc) is 2.94. The fraction of sp³-hybridized carbons (Fsp3) is 0.647. The Balaban J connectivity index is 2.12. The maximum atomic E-state index is 12.3. The lowest BCUT2D eigenvalue weighted by atomic mass is 10.0. The Morgan fingerprint density at radius 3 is 2.48 bits per heavy atom. The third-order valence-corrected chi connectivity index (χ3v) is 4.36. The summed E-state index contributed by atoms with van der Waals surface area (Å²) in [5.41, 5.74) is -0.350. The van der Waals surface area contributed by atoms with Gasteiger partial charge in [-0.25, -0.2) is 9.78 Å². The standard InChI is InChI=1S/C17H27N5O3/c1-11(2)7-6-8-12(3)19-13(23)9-22-10-18-15-14(22)16(24)21(5)17(25)20(15)4/h10-12H,6-9H2,1-5H3,(H,19,23). The summed E-state index contributed by atoms with van der Waals surface area (Å²) in [6, 6.07) is 0.0771. The van der Waals surface area contributed by atoms with E-state index in [1.807, 2.05) is 6.92 Å². The summed E-state index contributed by atoms with van der Waals surface area (Å²) < 4.78 is 3.82. The van der Waals surface area contributed by atoms with Gasteiger partial charge in [-0.15, -0.1) is 0 Å². The number of aromatic nitrogens is 4. The van der Waals surface area contributed by atoms with Gasteiger partial charge in [0, 0.05) is 20.1 Å². The average molecular weight is 349 g/mol. The Morgan fingerprint density at radius 2 is 1.84 bits per heavy atom. The zero-order valence-corrected chi connectivity index (χ0v) is 15.6. The predicted molar refractivity (Wildman–Crippen MR) is 96.5 cm³/mol. The van der Waals surface area contributed by atoms with Crippen LogP contribution in [0.4, 0.5) is 0 Å². The second-order valence-corrected chi connectivity index (χ2v) is 7.04. The Bertz CT molecular complexity index is 875. The molecule has 138 valence electrons. The molecule has 25 heavy (non-hydrogen) atoms. The van der Waals surface area contributed by atoms with E-state index in [-0.39, 0.29) is 29.7 Å². The molecule has 0 spiro atoms. The number of hydrogen-bond acceptors (Lipinski definition) is 4. The normalized spacial score (nSPS) is 12.7. The molecule has 0 radical (unpaired) electrons. The summed E-state index contributed by atoms with van der Waals surface area (Å²) in [4.78, 5) is 40.7. The van der Waals surface area contributed by atoms with Gasteiger partial charge in [0.2, 0.25) is 5.91 Å². The molecule has 1 amide bonds. The van der Waals surface area contributed by atoms with Crippen LogP contribution in [0, 0.1) is 5.92 Å². The molecule has 0 saturated heterocycles. The smallest absolute Gasteiger partial charge is 0.332 e. The van der Waals surface area contributed by atoms with Gasteiger partial charge in [-0.1, -0.05) is 26.7 Å². The Kier molecular flexibility index (Phi) is 5.81. The first-order valence-corrected chi connectivity index (χ1v) is 8.62. The third kappa shape index (κ3) is 4.18. The van der Waals surface area contributed by atoms with Crippen LogP contribution in [0.3, 0.4) is 0 Å². The molecule has 0 aliphatic carbocycles. The number of nitrogens with zero attached hydrogens (tertiary/aromatic N) is 4. The van der Waals surface area contributed by atoms with E-state index in [1.165, 1.54) is 22.5 Å². The van der Waals surface area contributed by atoms with Crippen LogP contribution in [0.2, 0.25) is 0 Å². The molecular formula is C17H27N5O3. The summed E-state index contributed by atoms with van der Waals surface area (Å²) in [6.45, 7) is 6.34. The fourth-order valence-corrected chi connectivity index (χ4v) is 2.90. The SMILES string of the molecule is CC(C)CCCC(C)NC(=O)Cn1cnc2c1c(=O)n(C)c(=O)n2C. The predicted octanol–water partition coefficient (Wildman–Crippen LogP) is 0.765. The Hall–Kier alpha value is -2.38. The van der Waals surface area contributed by atoms with Gasteiger partial charge in [0.1, 0.15) is 6.54 Å². The molecule has 8 nitrogen and oxygen atoms in total. The number of amides is 1. The Morgan fingerprint density at radius 1 is 1.16 bits per heavy atom. The van der Waals surface area contributed by atoms with Gasteiger partial charge in [0.25, 0.3) is 5.56 Å². The lowest BCUT2D eigenvalue weighted by molar-refractivity contribution is -0.122. The Labute approximate surface area is 146 Å². The van der Waals surface area contributed by atoms with Crippen LogP contribution in [0.1, 0.15) is 40.0 Å². The van der Waals surface area contributed by atoms with Crippen molar-refractivity contribution in [3.05, 3.63) is 27.2 Å². The molecule has 0 aliphatic heterocycles. The molecule has 0 saturated carbocycles. The highest BCUT2D eigenvalue weighted by Gasteiger charge is 2.16. The van der Waals surface area contributed by atoms with Gasteiger partial charge in [0.05, 0.1) is 6.33 Å². The van der Waals surface area contributed by atoms with Crippen molar-refractivity contribution in [3.63, 3.8) is 0 Å². The number of nitrogens with one attached hydrogen (secondary N) is 1. The van der Waals surface area contributed by atoms with Crippen LogP contribution in [-0.4, -0.2) is 30.6 Å². The molecule has 1 N–H and O–H groups in total. The van der Waals surface area contributed by atoms with E-state index in [2.05, 4.69) is 24.1 Å². The highest BCUT2D eigenvalue weighted by atomic mass is 16.2. The van der Waals surface area contributed by atoms with Crippen LogP contribution >= 0.6 is 0 Å². The molecule has 0 aromatic carbocycles. The van der Waals surface area contributed by atoms with Crippen molar-refractivity contribution < 1.29 is 4.79 Å². The minimum atomic E-state index is -0.451. The van der Waals surface area contributed by atoms with Crippen LogP contribution in [0.15, 0.2) is 15.9 Å². The van der Waals surface area contributed by atoms with Crippen LogP contribution in [0.25, 0.3) is 11.2 Å². The van der Waals surface area contributed by atoms with E-state index < -0.39 is 11.2 Å². The van der Waals surface area contributed by atoms with E-state index >= 15 is 0 Å². The molecule has 0 aliphatic rings. The number of carbonyl (C=O) groups is 1. The number of hydrogen-bond donors (Lipinski definition) is 1. The van der Waals surface area contributed by atoms with E-state index in [1.54, 1.807) is 7.05 Å². The highest BCUT2D eigenvalue weighted by molar-refractivity contribution is 5.79. The van der Waals surface area contributed by atoms with Crippen LogP contribution in [-0.2, 0) is 25.4 Å². The van der Waals surface area contributed by atoms with Crippen molar-refractivity contribution in [1.29, 1.82) is 0 Å². The quantitative estimate of drug-likeness (QED) is 0.799. The van der Waals surface area contributed by atoms with Crippen molar-refractivity contribution in [2.24, 2.45) is 20.0 Å². The zero-order chi connectivity index (χ0) is 18.7. The van der Waals surface area contributed by atoms with Crippen molar-refractivity contribution in [3.8, 4) is 0 Å². The minimum absolute atomic E-state index is 0.00152. The first-order chi connectivity index (χ1) is 11.7. The number of aryl methyl sites for hydroxylation is 1. The van der Waals surface area contributed by atoms with Gasteiger partial charge in [0.15, 0.2) is 11.2 Å². The number of carbonyl (C=O) groups excluding carboxylic acids is 1. The van der Waals surface area contributed by atoms with Crippen molar-refractivity contribution >= 4 is 17.1 Å². The van der Waals surface area contributed by atoms with Crippen LogP contribution < -0.4 is 16.6 Å². The molecule has 2 aromatic heterocycles. The van der Waals surface area contributed by atoms with Gasteiger partial charge >= 0.3 is 5.69 Å². The van der Waals surface area contributed by atoms with Gasteiger partial charge in [-0.05, 0) is 19.3 Å². The molecule has 2 rings (SSSR count). The molecule has 1 unspecified atom stereocenters. The minimum Gasteiger partial charge on any atom is -0.352 e. The molecule has 2 aromatic rings. The summed E-state index contributed by atoms with van der Waals surface area (Å²) in [7, 11) is 2.97. The van der Waals surface area contributed by atoms with Gasteiger partial charge < -0.3 is 9.88 Å². The number of rotatable bonds is 7. The second-order valence-electron chi connectivity index (χ2n) is 7.04. The summed E-state index contributed by atoms with van der Waals surface area (Å²) in [6.07, 6.45) is 4.55. The number of imidazole rings is 1. The van der Waals surface area contributed by atoms with Crippen molar-refractivity contribution in [2.45, 2.75) is 52.6 Å². The van der Waals surface area contributed by atoms with E-state index in [9.17, 15) is 14.4 Å². The first-order valence-electron chi connectivity index (χ1n) is 8.62. The fourth-order valence-electron chi connectivity index (χ4n) is 2.90. The summed E-state index contributed by atoms with van der Waals surface area (Å²) in [5, 5.41) is 2.95. The maximum Gasteiger partial charge on any atom is 0.332 e. The monoisotopic (exact) mass is 349 g/mol. The topological polar surface area (TPSA) is 90.9 Å². The van der Waals surface area contributed by atoms with E-state index in [0.717, 1.165) is 23.8 Å². The molecular weight excluding hydrogens is 322 g/mol. The van der Waals surface area contributed by atoms with E-state index in [0.29, 0.717) is 5.92 Å². The third-order valence-electron chi connectivity index (χ3n) is 4.36. The lowest BCUT2D eigenvalue weighted by Crippen LogP contribution is -2.38. The zero-order valence-electron chi connectivity index (χ0n) is 15.6. The van der Waals surface area contributed by atoms with Gasteiger partial charge in [-0.3, -0.25) is 18.7 Å². The molecule has 1 atom stereocenters. The van der Waals surface area contributed by atoms with Crippen LogP contribution in [0.5, 0.6) is 0 Å². The van der Waals surface area contributed by atoms with Gasteiger partial charge in [-0.2, -0.15) is 0 Å². The molecule has 8 heteroatoms. The largest absolute Gasteiger partial charge is 0.352 e. The number of fused-ring (bicyclic) bond motifs is 1. The van der Waals surface area contributed by atoms with Crippen molar-refractivity contribution in [1.82, 2.24) is 24.0 Å². The molecule has 0 bridgehead atoms.